The van der Waals surface area contributed by atoms with Crippen molar-refractivity contribution in [1.82, 2.24) is 5.32 Å². The molecule has 0 saturated carbocycles. The molecule has 186 valence electrons. The number of esters is 1. The average molecular weight is 526 g/mol. The largest absolute Gasteiger partial charge is 0.488 e. The molecule has 1 amide bonds. The van der Waals surface area contributed by atoms with Crippen LogP contribution in [0.3, 0.4) is 0 Å². The van der Waals surface area contributed by atoms with Gasteiger partial charge in [-0.2, -0.15) is 13.2 Å². The standard InChI is InChI=1S/C25H23ClF3NO4S/c1-14-10-18(11-15(2)23(14)16-4-6-17(7-5-16)25(27,28)29)34-13-21-19(26)12-20(35-21)24(32)30-9-8-22(31)33-3/h4-7,10-12H,8-9,13H2,1-3H3,(H,30,32). The van der Waals surface area contributed by atoms with Gasteiger partial charge in [-0.1, -0.05) is 23.7 Å². The number of hydrogen-bond donors (Lipinski definition) is 1. The van der Waals surface area contributed by atoms with Gasteiger partial charge in [0.1, 0.15) is 12.4 Å². The fourth-order valence-corrected chi connectivity index (χ4v) is 4.75. The van der Waals surface area contributed by atoms with E-state index in [1.54, 1.807) is 6.07 Å². The minimum Gasteiger partial charge on any atom is -0.488 e. The van der Waals surface area contributed by atoms with Crippen LogP contribution in [-0.2, 0) is 22.3 Å². The molecule has 0 aliphatic heterocycles. The summed E-state index contributed by atoms with van der Waals surface area (Å²) in [5.41, 5.74) is 2.53. The van der Waals surface area contributed by atoms with Gasteiger partial charge in [-0.25, -0.2) is 0 Å². The SMILES string of the molecule is COC(=O)CCNC(=O)c1cc(Cl)c(COc2cc(C)c(-c3ccc(C(F)(F)F)cc3)c(C)c2)s1. The van der Waals surface area contributed by atoms with Crippen LogP contribution in [0.2, 0.25) is 5.02 Å². The molecule has 0 radical (unpaired) electrons. The van der Waals surface area contributed by atoms with Crippen molar-refractivity contribution in [3.63, 3.8) is 0 Å². The minimum atomic E-state index is -4.38. The first-order chi connectivity index (χ1) is 16.5. The molecule has 0 aliphatic carbocycles. The molecule has 0 fully saturated rings. The molecule has 1 aromatic heterocycles. The van der Waals surface area contributed by atoms with Crippen LogP contribution in [0.25, 0.3) is 11.1 Å². The van der Waals surface area contributed by atoms with Gasteiger partial charge in [-0.05, 0) is 66.4 Å². The van der Waals surface area contributed by atoms with Crippen molar-refractivity contribution in [2.75, 3.05) is 13.7 Å². The summed E-state index contributed by atoms with van der Waals surface area (Å²) in [5, 5.41) is 3.03. The maximum atomic E-state index is 12.9. The van der Waals surface area contributed by atoms with Crippen LogP contribution in [0.15, 0.2) is 42.5 Å². The second kappa shape index (κ2) is 11.1. The monoisotopic (exact) mass is 525 g/mol. The number of rotatable bonds is 8. The van der Waals surface area contributed by atoms with E-state index in [0.29, 0.717) is 26.1 Å². The summed E-state index contributed by atoms with van der Waals surface area (Å²) in [7, 11) is 1.28. The van der Waals surface area contributed by atoms with Crippen LogP contribution in [0.1, 0.15) is 37.7 Å². The molecule has 2 aromatic carbocycles. The normalized spacial score (nSPS) is 11.3. The van der Waals surface area contributed by atoms with Crippen LogP contribution in [0, 0.1) is 13.8 Å². The van der Waals surface area contributed by atoms with E-state index in [1.165, 1.54) is 30.6 Å². The molecule has 3 aromatic rings. The number of amides is 1. The highest BCUT2D eigenvalue weighted by Gasteiger charge is 2.30. The predicted molar refractivity (Wildman–Crippen MR) is 129 cm³/mol. The third kappa shape index (κ3) is 6.76. The Bertz CT molecular complexity index is 1200. The Morgan fingerprint density at radius 1 is 1.06 bits per heavy atom. The molecular formula is C25H23ClF3NO4S. The number of halogens is 4. The smallest absolute Gasteiger partial charge is 0.416 e. The lowest BCUT2D eigenvalue weighted by Gasteiger charge is -2.15. The summed E-state index contributed by atoms with van der Waals surface area (Å²) in [6.07, 6.45) is -4.31. The highest BCUT2D eigenvalue weighted by Crippen LogP contribution is 2.35. The van der Waals surface area contributed by atoms with E-state index in [9.17, 15) is 22.8 Å². The number of carbonyl (C=O) groups excluding carboxylic acids is 2. The van der Waals surface area contributed by atoms with Crippen molar-refractivity contribution >= 4 is 34.8 Å². The molecule has 0 saturated heterocycles. The molecule has 35 heavy (non-hydrogen) atoms. The van der Waals surface area contributed by atoms with Gasteiger partial charge in [0.05, 0.1) is 33.9 Å². The number of nitrogens with one attached hydrogen (secondary N) is 1. The lowest BCUT2D eigenvalue weighted by atomic mass is 9.94. The second-order valence-electron chi connectivity index (χ2n) is 7.76. The zero-order valence-corrected chi connectivity index (χ0v) is 20.8. The van der Waals surface area contributed by atoms with Gasteiger partial charge < -0.3 is 14.8 Å². The van der Waals surface area contributed by atoms with E-state index in [2.05, 4.69) is 10.1 Å². The Morgan fingerprint density at radius 2 is 1.69 bits per heavy atom. The van der Waals surface area contributed by atoms with Gasteiger partial charge >= 0.3 is 12.1 Å². The summed E-state index contributed by atoms with van der Waals surface area (Å²) in [4.78, 5) is 24.5. The lowest BCUT2D eigenvalue weighted by Crippen LogP contribution is -2.25. The van der Waals surface area contributed by atoms with Crippen LogP contribution in [0.4, 0.5) is 13.2 Å². The van der Waals surface area contributed by atoms with Crippen molar-refractivity contribution in [2.45, 2.75) is 33.1 Å². The Kier molecular flexibility index (Phi) is 8.45. The molecule has 1 N–H and O–H groups in total. The van der Waals surface area contributed by atoms with Gasteiger partial charge in [0, 0.05) is 6.54 Å². The highest BCUT2D eigenvalue weighted by atomic mass is 35.5. The lowest BCUT2D eigenvalue weighted by molar-refractivity contribution is -0.140. The topological polar surface area (TPSA) is 64.6 Å². The first-order valence-electron chi connectivity index (χ1n) is 10.5. The molecule has 1 heterocycles. The second-order valence-corrected chi connectivity index (χ2v) is 9.30. The van der Waals surface area contributed by atoms with Gasteiger partial charge in [-0.15, -0.1) is 11.3 Å². The Balaban J connectivity index is 1.68. The van der Waals surface area contributed by atoms with Gasteiger partial charge in [0.15, 0.2) is 0 Å². The van der Waals surface area contributed by atoms with Crippen molar-refractivity contribution in [3.05, 3.63) is 73.9 Å². The molecule has 0 unspecified atom stereocenters. The third-order valence-corrected chi connectivity index (χ3v) is 6.76. The molecule has 10 heteroatoms. The summed E-state index contributed by atoms with van der Waals surface area (Å²) in [6, 6.07) is 10.2. The van der Waals surface area contributed by atoms with Crippen LogP contribution in [-0.4, -0.2) is 25.5 Å². The molecular weight excluding hydrogens is 503 g/mol. The van der Waals surface area contributed by atoms with Crippen molar-refractivity contribution < 1.29 is 32.2 Å². The minimum absolute atomic E-state index is 0.0679. The highest BCUT2D eigenvalue weighted by molar-refractivity contribution is 7.14. The maximum Gasteiger partial charge on any atom is 0.416 e. The van der Waals surface area contributed by atoms with Crippen LogP contribution in [0.5, 0.6) is 5.75 Å². The zero-order chi connectivity index (χ0) is 25.8. The number of aryl methyl sites for hydroxylation is 2. The fraction of sp³-hybridized carbons (Fsp3) is 0.280. The molecule has 0 aliphatic rings. The Hall–Kier alpha value is -3.04. The van der Waals surface area contributed by atoms with Gasteiger partial charge in [0.25, 0.3) is 5.91 Å². The summed E-state index contributed by atoms with van der Waals surface area (Å²) in [6.45, 7) is 4.01. The summed E-state index contributed by atoms with van der Waals surface area (Å²) >= 11 is 7.46. The van der Waals surface area contributed by atoms with E-state index in [4.69, 9.17) is 16.3 Å². The van der Waals surface area contributed by atoms with Crippen LogP contribution >= 0.6 is 22.9 Å². The molecule has 0 bridgehead atoms. The number of alkyl halides is 3. The molecule has 0 spiro atoms. The van der Waals surface area contributed by atoms with E-state index in [0.717, 1.165) is 28.8 Å². The van der Waals surface area contributed by atoms with E-state index >= 15 is 0 Å². The molecule has 5 nitrogen and oxygen atoms in total. The number of benzene rings is 2. The number of methoxy groups -OCH3 is 1. The average Bonchev–Trinajstić information content (AvgIpc) is 3.17. The van der Waals surface area contributed by atoms with E-state index in [1.807, 2.05) is 26.0 Å². The quantitative estimate of drug-likeness (QED) is 0.338. The zero-order valence-electron chi connectivity index (χ0n) is 19.2. The number of ether oxygens (including phenoxy) is 2. The summed E-state index contributed by atoms with van der Waals surface area (Å²) < 4.78 is 49.0. The predicted octanol–water partition coefficient (Wildman–Crippen LogP) is 6.58. The van der Waals surface area contributed by atoms with Gasteiger partial charge in [0.2, 0.25) is 0 Å². The van der Waals surface area contributed by atoms with E-state index < -0.39 is 17.7 Å². The van der Waals surface area contributed by atoms with Crippen molar-refractivity contribution in [1.29, 1.82) is 0 Å². The molecule has 0 atom stereocenters. The first kappa shape index (κ1) is 26.6. The van der Waals surface area contributed by atoms with Crippen LogP contribution < -0.4 is 10.1 Å². The first-order valence-corrected chi connectivity index (χ1v) is 11.7. The number of hydrogen-bond acceptors (Lipinski definition) is 5. The number of carbonyl (C=O) groups is 2. The fourth-order valence-electron chi connectivity index (χ4n) is 3.52. The number of thiophene rings is 1. The van der Waals surface area contributed by atoms with Crippen molar-refractivity contribution in [2.24, 2.45) is 0 Å². The Labute approximate surface area is 209 Å². The summed E-state index contributed by atoms with van der Waals surface area (Å²) in [5.74, 6) is -0.192. The van der Waals surface area contributed by atoms with Gasteiger partial charge in [-0.3, -0.25) is 9.59 Å². The maximum absolute atomic E-state index is 12.9. The third-order valence-electron chi connectivity index (χ3n) is 5.20. The van der Waals surface area contributed by atoms with E-state index in [-0.39, 0.29) is 25.5 Å². The van der Waals surface area contributed by atoms with Crippen molar-refractivity contribution in [3.8, 4) is 16.9 Å². The Morgan fingerprint density at radius 3 is 2.26 bits per heavy atom. The molecule has 3 rings (SSSR count).